The second kappa shape index (κ2) is 10.4. The number of ether oxygens (including phenoxy) is 2. The second-order valence-electron chi connectivity index (χ2n) is 8.13. The van der Waals surface area contributed by atoms with Crippen LogP contribution in [0, 0.1) is 0 Å². The molecule has 37 heavy (non-hydrogen) atoms. The Labute approximate surface area is 223 Å². The second-order valence-corrected chi connectivity index (χ2v) is 8.95. The Morgan fingerprint density at radius 2 is 1.81 bits per heavy atom. The number of fused-ring (bicyclic) bond motifs is 1. The maximum absolute atomic E-state index is 13.3. The van der Waals surface area contributed by atoms with Gasteiger partial charge in [-0.3, -0.25) is 24.8 Å². The maximum atomic E-state index is 13.3. The number of nitrogens with zero attached hydrogens (tertiary/aromatic N) is 2. The van der Waals surface area contributed by atoms with Gasteiger partial charge in [0.15, 0.2) is 5.11 Å². The third-order valence-electron chi connectivity index (χ3n) is 5.78. The molecule has 1 fully saturated rings. The summed E-state index contributed by atoms with van der Waals surface area (Å²) in [6, 6.07) is 21.5. The first-order valence-electron chi connectivity index (χ1n) is 11.2. The van der Waals surface area contributed by atoms with Crippen molar-refractivity contribution in [2.24, 2.45) is 0 Å². The molecule has 0 aliphatic carbocycles. The van der Waals surface area contributed by atoms with Crippen LogP contribution in [-0.4, -0.2) is 29.0 Å². The van der Waals surface area contributed by atoms with Gasteiger partial charge in [0.05, 0.1) is 12.8 Å². The lowest BCUT2D eigenvalue weighted by Crippen LogP contribution is -2.54. The first kappa shape index (κ1) is 24.4. The van der Waals surface area contributed by atoms with Crippen LogP contribution >= 0.6 is 23.8 Å². The van der Waals surface area contributed by atoms with Crippen LogP contribution in [0.3, 0.4) is 0 Å². The SMILES string of the molecule is COc1ccc(C=C2C(=O)NC(=S)N(c3ccc(Cl)cc3)C2=O)cc1COc1cccc2cccnc12. The van der Waals surface area contributed by atoms with Gasteiger partial charge in [0, 0.05) is 22.2 Å². The minimum absolute atomic E-state index is 0.00184. The van der Waals surface area contributed by atoms with E-state index in [0.29, 0.717) is 27.8 Å². The molecule has 1 aliphatic rings. The quantitative estimate of drug-likeness (QED) is 0.207. The van der Waals surface area contributed by atoms with Crippen LogP contribution in [0.2, 0.25) is 5.02 Å². The third-order valence-corrected chi connectivity index (χ3v) is 6.32. The number of para-hydroxylation sites is 1. The van der Waals surface area contributed by atoms with Crippen molar-refractivity contribution in [3.8, 4) is 11.5 Å². The molecule has 7 nitrogen and oxygen atoms in total. The fraction of sp³-hybridized carbons (Fsp3) is 0.0714. The van der Waals surface area contributed by atoms with Crippen molar-refractivity contribution in [1.29, 1.82) is 0 Å². The van der Waals surface area contributed by atoms with E-state index in [0.717, 1.165) is 16.5 Å². The van der Waals surface area contributed by atoms with Gasteiger partial charge in [-0.1, -0.05) is 35.9 Å². The molecule has 9 heteroatoms. The number of carbonyl (C=O) groups is 2. The zero-order chi connectivity index (χ0) is 25.9. The van der Waals surface area contributed by atoms with Gasteiger partial charge >= 0.3 is 0 Å². The van der Waals surface area contributed by atoms with Crippen molar-refractivity contribution in [2.45, 2.75) is 6.61 Å². The molecule has 4 aromatic rings. The number of aromatic nitrogens is 1. The van der Waals surface area contributed by atoms with E-state index in [4.69, 9.17) is 33.3 Å². The molecule has 5 rings (SSSR count). The Hall–Kier alpha value is -4.27. The van der Waals surface area contributed by atoms with Crippen LogP contribution in [0.4, 0.5) is 5.69 Å². The smallest absolute Gasteiger partial charge is 0.270 e. The van der Waals surface area contributed by atoms with Crippen molar-refractivity contribution in [1.82, 2.24) is 10.3 Å². The molecule has 0 bridgehead atoms. The molecule has 0 radical (unpaired) electrons. The van der Waals surface area contributed by atoms with E-state index >= 15 is 0 Å². The Morgan fingerprint density at radius 1 is 1.03 bits per heavy atom. The summed E-state index contributed by atoms with van der Waals surface area (Å²) in [6.07, 6.45) is 3.23. The van der Waals surface area contributed by atoms with E-state index in [2.05, 4.69) is 10.3 Å². The molecule has 3 aromatic carbocycles. The third kappa shape index (κ3) is 5.02. The molecular formula is C28H20ClN3O4S. The van der Waals surface area contributed by atoms with Crippen LogP contribution in [0.5, 0.6) is 11.5 Å². The maximum Gasteiger partial charge on any atom is 0.270 e. The van der Waals surface area contributed by atoms with E-state index in [1.165, 1.54) is 11.0 Å². The molecule has 184 valence electrons. The molecule has 1 aliphatic heterocycles. The monoisotopic (exact) mass is 529 g/mol. The predicted octanol–water partition coefficient (Wildman–Crippen LogP) is 5.31. The highest BCUT2D eigenvalue weighted by Gasteiger charge is 2.34. The van der Waals surface area contributed by atoms with Crippen molar-refractivity contribution in [2.75, 3.05) is 12.0 Å². The average Bonchev–Trinajstić information content (AvgIpc) is 2.91. The summed E-state index contributed by atoms with van der Waals surface area (Å²) >= 11 is 11.2. The lowest BCUT2D eigenvalue weighted by molar-refractivity contribution is -0.122. The molecule has 1 N–H and O–H groups in total. The van der Waals surface area contributed by atoms with Gasteiger partial charge in [0.25, 0.3) is 11.8 Å². The zero-order valence-corrected chi connectivity index (χ0v) is 21.2. The van der Waals surface area contributed by atoms with Gasteiger partial charge in [-0.05, 0) is 72.4 Å². The number of benzene rings is 3. The normalized spacial score (nSPS) is 14.7. The number of carbonyl (C=O) groups excluding carboxylic acids is 2. The number of hydrogen-bond acceptors (Lipinski definition) is 6. The van der Waals surface area contributed by atoms with E-state index in [1.54, 1.807) is 49.7 Å². The Morgan fingerprint density at radius 3 is 2.59 bits per heavy atom. The highest BCUT2D eigenvalue weighted by molar-refractivity contribution is 7.80. The van der Waals surface area contributed by atoms with E-state index in [9.17, 15) is 9.59 Å². The van der Waals surface area contributed by atoms with Gasteiger partial charge < -0.3 is 9.47 Å². The van der Waals surface area contributed by atoms with E-state index < -0.39 is 11.8 Å². The summed E-state index contributed by atoms with van der Waals surface area (Å²) in [7, 11) is 1.57. The summed E-state index contributed by atoms with van der Waals surface area (Å²) in [5.74, 6) is 0.138. The molecule has 0 atom stereocenters. The Bertz CT molecular complexity index is 1560. The number of pyridine rings is 1. The highest BCUT2D eigenvalue weighted by atomic mass is 35.5. The first-order chi connectivity index (χ1) is 17.9. The molecule has 0 unspecified atom stereocenters. The molecule has 2 heterocycles. The van der Waals surface area contributed by atoms with Crippen molar-refractivity contribution < 1.29 is 19.1 Å². The van der Waals surface area contributed by atoms with Crippen LogP contribution in [0.25, 0.3) is 17.0 Å². The number of halogens is 1. The lowest BCUT2D eigenvalue weighted by Gasteiger charge is -2.29. The number of rotatable bonds is 6. The molecule has 0 saturated carbocycles. The minimum Gasteiger partial charge on any atom is -0.496 e. The minimum atomic E-state index is -0.573. The molecule has 0 spiro atoms. The van der Waals surface area contributed by atoms with Crippen LogP contribution in [0.1, 0.15) is 11.1 Å². The number of amides is 2. The fourth-order valence-electron chi connectivity index (χ4n) is 4.00. The van der Waals surface area contributed by atoms with Crippen LogP contribution in [-0.2, 0) is 16.2 Å². The molecule has 1 saturated heterocycles. The molecule has 1 aromatic heterocycles. The van der Waals surface area contributed by atoms with Crippen molar-refractivity contribution in [3.05, 3.63) is 101 Å². The van der Waals surface area contributed by atoms with Crippen LogP contribution in [0.15, 0.2) is 84.6 Å². The van der Waals surface area contributed by atoms with Gasteiger partial charge in [-0.15, -0.1) is 0 Å². The van der Waals surface area contributed by atoms with E-state index in [1.807, 2.05) is 36.4 Å². The number of methoxy groups -OCH3 is 1. The number of hydrogen-bond donors (Lipinski definition) is 1. The zero-order valence-electron chi connectivity index (χ0n) is 19.6. The van der Waals surface area contributed by atoms with Crippen molar-refractivity contribution in [3.63, 3.8) is 0 Å². The standard InChI is InChI=1S/C28H20ClN3O4S/c1-35-23-12-7-17(14-19(23)16-36-24-6-2-4-18-5-3-13-30-25(18)24)15-22-26(33)31-28(37)32(27(22)34)21-10-8-20(29)9-11-21/h2-15H,16H2,1H3,(H,31,33,37). The van der Waals surface area contributed by atoms with Crippen molar-refractivity contribution >= 4 is 63.4 Å². The average molecular weight is 530 g/mol. The van der Waals surface area contributed by atoms with Gasteiger partial charge in [0.2, 0.25) is 0 Å². The summed E-state index contributed by atoms with van der Waals surface area (Å²) < 4.78 is 11.6. The predicted molar refractivity (Wildman–Crippen MR) is 147 cm³/mol. The largest absolute Gasteiger partial charge is 0.496 e. The van der Waals surface area contributed by atoms with E-state index in [-0.39, 0.29) is 17.3 Å². The number of nitrogens with one attached hydrogen (secondary N) is 1. The molecular weight excluding hydrogens is 510 g/mol. The Balaban J connectivity index is 1.44. The summed E-state index contributed by atoms with van der Waals surface area (Å²) in [5, 5.41) is 4.07. The lowest BCUT2D eigenvalue weighted by atomic mass is 10.0. The Kier molecular flexibility index (Phi) is 6.85. The fourth-order valence-corrected chi connectivity index (χ4v) is 4.41. The van der Waals surface area contributed by atoms with Crippen LogP contribution < -0.4 is 19.7 Å². The topological polar surface area (TPSA) is 80.8 Å². The number of thiocarbonyl (C=S) groups is 1. The highest BCUT2D eigenvalue weighted by Crippen LogP contribution is 2.28. The summed E-state index contributed by atoms with van der Waals surface area (Å²) in [5.41, 5.74) is 2.55. The number of anilines is 1. The van der Waals surface area contributed by atoms with Gasteiger partial charge in [0.1, 0.15) is 29.2 Å². The molecule has 2 amide bonds. The van der Waals surface area contributed by atoms with Gasteiger partial charge in [-0.2, -0.15) is 0 Å². The van der Waals surface area contributed by atoms with Gasteiger partial charge in [-0.25, -0.2) is 0 Å². The first-order valence-corrected chi connectivity index (χ1v) is 12.0. The summed E-state index contributed by atoms with van der Waals surface area (Å²) in [4.78, 5) is 31.7. The summed E-state index contributed by atoms with van der Waals surface area (Å²) in [6.45, 7) is 0.191.